The second-order valence-corrected chi connectivity index (χ2v) is 11.8. The van der Waals surface area contributed by atoms with Crippen molar-refractivity contribution < 1.29 is 18.9 Å². The third-order valence-electron chi connectivity index (χ3n) is 8.12. The van der Waals surface area contributed by atoms with E-state index in [0.717, 1.165) is 33.1 Å². The second-order valence-electron chi connectivity index (χ2n) is 10.8. The van der Waals surface area contributed by atoms with Gasteiger partial charge < -0.3 is 18.9 Å². The van der Waals surface area contributed by atoms with Gasteiger partial charge in [-0.05, 0) is 59.3 Å². The first kappa shape index (κ1) is 29.6. The predicted molar refractivity (Wildman–Crippen MR) is 170 cm³/mol. The number of nitrogens with zero attached hydrogens (tertiary/aromatic N) is 1. The smallest absolute Gasteiger partial charge is 0.330 e. The first-order chi connectivity index (χ1) is 21.4. The van der Waals surface area contributed by atoms with Gasteiger partial charge in [-0.1, -0.05) is 60.7 Å². The molecule has 0 amide bonds. The normalized spacial score (nSPS) is 18.3. The Kier molecular flexibility index (Phi) is 8.52. The average molecular weight is 611 g/mol. The summed E-state index contributed by atoms with van der Waals surface area (Å²) in [5.74, 6) is 1.47. The summed E-state index contributed by atoms with van der Waals surface area (Å²) in [6.45, 7) is 1.68. The number of benzene rings is 3. The van der Waals surface area contributed by atoms with Crippen LogP contribution in [-0.2, 0) is 21.5 Å². The predicted octanol–water partition coefficient (Wildman–Crippen LogP) is 5.83. The number of H-pyrrole nitrogens is 1. The van der Waals surface area contributed by atoms with Gasteiger partial charge in [-0.3, -0.25) is 14.3 Å². The third-order valence-corrected chi connectivity index (χ3v) is 9.02. The van der Waals surface area contributed by atoms with Gasteiger partial charge in [-0.2, -0.15) is 0 Å². The molecule has 1 saturated heterocycles. The lowest BCUT2D eigenvalue weighted by molar-refractivity contribution is -0.0849. The molecule has 9 heteroatoms. The van der Waals surface area contributed by atoms with E-state index in [-0.39, 0.29) is 6.10 Å². The monoisotopic (exact) mass is 610 g/mol. The summed E-state index contributed by atoms with van der Waals surface area (Å²) in [5, 5.41) is 2.04. The Hall–Kier alpha value is -4.44. The van der Waals surface area contributed by atoms with Crippen molar-refractivity contribution in [3.63, 3.8) is 0 Å². The Balaban J connectivity index is 1.50. The lowest BCUT2D eigenvalue weighted by atomic mass is 9.79. The number of thiophene rings is 1. The van der Waals surface area contributed by atoms with E-state index >= 15 is 0 Å². The van der Waals surface area contributed by atoms with Crippen LogP contribution in [0, 0.1) is 6.92 Å². The molecule has 0 bridgehead atoms. The molecule has 0 spiro atoms. The minimum Gasteiger partial charge on any atom is -0.497 e. The molecule has 1 aliphatic rings. The summed E-state index contributed by atoms with van der Waals surface area (Å²) in [6.07, 6.45) is 1.11. The van der Waals surface area contributed by atoms with Crippen LogP contribution in [0.15, 0.2) is 112 Å². The van der Waals surface area contributed by atoms with Crippen LogP contribution in [0.2, 0.25) is 0 Å². The van der Waals surface area contributed by atoms with Crippen LogP contribution in [0.5, 0.6) is 11.5 Å². The van der Waals surface area contributed by atoms with Crippen molar-refractivity contribution in [1.29, 1.82) is 0 Å². The molecule has 1 N–H and O–H groups in total. The number of methoxy groups -OCH3 is 2. The first-order valence-corrected chi connectivity index (χ1v) is 15.3. The lowest BCUT2D eigenvalue weighted by Crippen LogP contribution is -2.40. The SMILES string of the molecule is COc1ccc(C(OC2C[C@H](n3cc(C)c(=O)[nH]c3=O)O[C@@H]2Cc2cccs2)(c2ccccc2)c2ccc(OC)cc2)cc1. The zero-order valence-electron chi connectivity index (χ0n) is 24.8. The number of hydrogen-bond acceptors (Lipinski definition) is 7. The third kappa shape index (κ3) is 5.74. The number of aryl methyl sites for hydroxylation is 1. The Bertz CT molecular complexity index is 1750. The minimum atomic E-state index is -1.05. The van der Waals surface area contributed by atoms with Gasteiger partial charge in [0, 0.05) is 29.5 Å². The van der Waals surface area contributed by atoms with Crippen LogP contribution >= 0.6 is 11.3 Å². The molecule has 3 aromatic carbocycles. The van der Waals surface area contributed by atoms with Crippen LogP contribution in [-0.4, -0.2) is 36.0 Å². The maximum absolute atomic E-state index is 12.9. The lowest BCUT2D eigenvalue weighted by Gasteiger charge is -2.39. The molecule has 0 saturated carbocycles. The maximum Gasteiger partial charge on any atom is 0.330 e. The second kappa shape index (κ2) is 12.7. The molecule has 2 aromatic heterocycles. The van der Waals surface area contributed by atoms with Crippen LogP contribution in [0.25, 0.3) is 0 Å². The fourth-order valence-corrected chi connectivity index (χ4v) is 6.61. The zero-order valence-corrected chi connectivity index (χ0v) is 25.6. The average Bonchev–Trinajstić information content (AvgIpc) is 3.72. The molecular formula is C35H34N2O6S. The minimum absolute atomic E-state index is 0.377. The molecule has 8 nitrogen and oxygen atoms in total. The van der Waals surface area contributed by atoms with E-state index in [1.807, 2.05) is 78.2 Å². The van der Waals surface area contributed by atoms with Crippen molar-refractivity contribution in [2.24, 2.45) is 0 Å². The highest BCUT2D eigenvalue weighted by molar-refractivity contribution is 7.09. The number of ether oxygens (including phenoxy) is 4. The molecule has 0 radical (unpaired) electrons. The molecule has 44 heavy (non-hydrogen) atoms. The van der Waals surface area contributed by atoms with Gasteiger partial charge in [-0.25, -0.2) is 4.79 Å². The highest BCUT2D eigenvalue weighted by atomic mass is 32.1. The summed E-state index contributed by atoms with van der Waals surface area (Å²) in [5.41, 5.74) is 1.21. The van der Waals surface area contributed by atoms with Gasteiger partial charge in [0.05, 0.1) is 26.4 Å². The number of aromatic nitrogens is 2. The molecule has 1 unspecified atom stereocenters. The van der Waals surface area contributed by atoms with E-state index in [2.05, 4.69) is 23.2 Å². The van der Waals surface area contributed by atoms with Crippen molar-refractivity contribution >= 4 is 11.3 Å². The summed E-state index contributed by atoms with van der Waals surface area (Å²) in [4.78, 5) is 28.7. The van der Waals surface area contributed by atoms with Crippen molar-refractivity contribution in [2.75, 3.05) is 14.2 Å². The topological polar surface area (TPSA) is 91.8 Å². The van der Waals surface area contributed by atoms with E-state index in [4.69, 9.17) is 18.9 Å². The van der Waals surface area contributed by atoms with Gasteiger partial charge in [0.25, 0.3) is 5.56 Å². The van der Waals surface area contributed by atoms with Crippen molar-refractivity contribution in [3.05, 3.63) is 151 Å². The summed E-state index contributed by atoms with van der Waals surface area (Å²) < 4.78 is 26.5. The highest BCUT2D eigenvalue weighted by Crippen LogP contribution is 2.46. The molecule has 0 aliphatic carbocycles. The van der Waals surface area contributed by atoms with Crippen molar-refractivity contribution in [3.8, 4) is 11.5 Å². The van der Waals surface area contributed by atoms with Gasteiger partial charge in [-0.15, -0.1) is 11.3 Å². The quantitative estimate of drug-likeness (QED) is 0.200. The Labute approximate surface area is 259 Å². The zero-order chi connectivity index (χ0) is 30.7. The number of aromatic amines is 1. The fraction of sp³-hybridized carbons (Fsp3) is 0.257. The van der Waals surface area contributed by atoms with Gasteiger partial charge >= 0.3 is 5.69 Å². The molecule has 3 heterocycles. The number of hydrogen-bond donors (Lipinski definition) is 1. The van der Waals surface area contributed by atoms with Gasteiger partial charge in [0.2, 0.25) is 0 Å². The molecule has 3 atom stereocenters. The molecule has 1 fully saturated rings. The largest absolute Gasteiger partial charge is 0.497 e. The van der Waals surface area contributed by atoms with E-state index in [1.165, 1.54) is 4.57 Å². The molecular weight excluding hydrogens is 576 g/mol. The summed E-state index contributed by atoms with van der Waals surface area (Å²) in [7, 11) is 3.29. The van der Waals surface area contributed by atoms with E-state index < -0.39 is 29.2 Å². The van der Waals surface area contributed by atoms with Crippen LogP contribution in [0.4, 0.5) is 0 Å². The van der Waals surface area contributed by atoms with Crippen LogP contribution < -0.4 is 20.7 Å². The number of rotatable bonds is 10. The molecule has 226 valence electrons. The molecule has 6 rings (SSSR count). The van der Waals surface area contributed by atoms with Crippen LogP contribution in [0.1, 0.15) is 39.8 Å². The number of nitrogens with one attached hydrogen (secondary N) is 1. The van der Waals surface area contributed by atoms with Gasteiger partial charge in [0.1, 0.15) is 23.3 Å². The standard InChI is InChI=1S/C35H34N2O6S/c1-23-22-37(34(39)36-33(23)38)32-21-31(30(42-32)20-29-10-7-19-44-29)43-35(24-8-5-4-6-9-24,25-11-15-27(40-2)16-12-25)26-13-17-28(41-3)18-14-26/h4-19,22,30-32H,20-21H2,1-3H3,(H,36,38,39)/t30-,31?,32-/m1/s1. The first-order valence-electron chi connectivity index (χ1n) is 14.4. The van der Waals surface area contributed by atoms with E-state index in [0.29, 0.717) is 18.4 Å². The fourth-order valence-electron chi connectivity index (χ4n) is 5.86. The van der Waals surface area contributed by atoms with Crippen LogP contribution in [0.3, 0.4) is 0 Å². The van der Waals surface area contributed by atoms with Crippen molar-refractivity contribution in [2.45, 2.75) is 43.8 Å². The Morgan fingerprint density at radius 1 is 0.864 bits per heavy atom. The van der Waals surface area contributed by atoms with Crippen molar-refractivity contribution in [1.82, 2.24) is 9.55 Å². The Morgan fingerprint density at radius 3 is 2.05 bits per heavy atom. The molecule has 1 aliphatic heterocycles. The highest BCUT2D eigenvalue weighted by Gasteiger charge is 2.46. The van der Waals surface area contributed by atoms with Gasteiger partial charge in [0.15, 0.2) is 0 Å². The molecule has 5 aromatic rings. The Morgan fingerprint density at radius 2 is 1.48 bits per heavy atom. The summed E-state index contributed by atoms with van der Waals surface area (Å²) in [6, 6.07) is 30.0. The summed E-state index contributed by atoms with van der Waals surface area (Å²) >= 11 is 1.65. The van der Waals surface area contributed by atoms with E-state index in [9.17, 15) is 9.59 Å². The van der Waals surface area contributed by atoms with E-state index in [1.54, 1.807) is 38.7 Å². The maximum atomic E-state index is 12.9.